The monoisotopic (exact) mass is 645 g/mol. The molecule has 2 atom stereocenters. The van der Waals surface area contributed by atoms with E-state index in [1.807, 2.05) is 57.2 Å². The minimum absolute atomic E-state index is 0.0729. The van der Waals surface area contributed by atoms with Gasteiger partial charge in [-0.2, -0.15) is 0 Å². The highest BCUT2D eigenvalue weighted by molar-refractivity contribution is 7.92. The maximum absolute atomic E-state index is 14.5. The van der Waals surface area contributed by atoms with Crippen LogP contribution in [0.2, 0.25) is 5.02 Å². The predicted octanol–water partition coefficient (Wildman–Crippen LogP) is 6.71. The molecule has 0 aliphatic heterocycles. The zero-order chi connectivity index (χ0) is 32.6. The Labute approximate surface area is 271 Å². The Hall–Kier alpha value is -4.14. The molecule has 4 aromatic carbocycles. The summed E-state index contributed by atoms with van der Waals surface area (Å²) in [6, 6.07) is 29.1. The molecule has 0 heterocycles. The Morgan fingerprint density at radius 3 is 2.07 bits per heavy atom. The summed E-state index contributed by atoms with van der Waals surface area (Å²) in [6.07, 6.45) is 0.961. The van der Waals surface area contributed by atoms with Crippen molar-refractivity contribution in [1.29, 1.82) is 0 Å². The van der Waals surface area contributed by atoms with Gasteiger partial charge < -0.3 is 10.2 Å². The molecule has 0 saturated heterocycles. The molecule has 0 fully saturated rings. The Morgan fingerprint density at radius 1 is 0.822 bits per heavy atom. The molecule has 236 valence electrons. The van der Waals surface area contributed by atoms with Crippen molar-refractivity contribution in [3.05, 3.63) is 130 Å². The second-order valence-corrected chi connectivity index (χ2v) is 13.6. The molecule has 0 saturated carbocycles. The van der Waals surface area contributed by atoms with Crippen molar-refractivity contribution < 1.29 is 18.0 Å². The number of para-hydroxylation sites is 1. The van der Waals surface area contributed by atoms with Crippen LogP contribution in [0.3, 0.4) is 0 Å². The van der Waals surface area contributed by atoms with E-state index in [2.05, 4.69) is 5.32 Å². The number of amides is 2. The Balaban J connectivity index is 1.81. The molecule has 9 heteroatoms. The molecular formula is C36H40ClN3O4S. The largest absolute Gasteiger partial charge is 0.352 e. The minimum Gasteiger partial charge on any atom is -0.352 e. The van der Waals surface area contributed by atoms with Crippen molar-refractivity contribution in [3.8, 4) is 0 Å². The summed E-state index contributed by atoms with van der Waals surface area (Å²) in [5.41, 5.74) is 3.63. The molecular weight excluding hydrogens is 606 g/mol. The molecule has 1 N–H and O–H groups in total. The van der Waals surface area contributed by atoms with Crippen molar-refractivity contribution in [2.75, 3.05) is 10.8 Å². The first-order valence-corrected chi connectivity index (χ1v) is 16.8. The van der Waals surface area contributed by atoms with Crippen LogP contribution in [0.1, 0.15) is 42.5 Å². The van der Waals surface area contributed by atoms with Gasteiger partial charge >= 0.3 is 0 Å². The number of rotatable bonds is 13. The maximum atomic E-state index is 14.5. The number of nitrogens with zero attached hydrogens (tertiary/aromatic N) is 2. The van der Waals surface area contributed by atoms with Gasteiger partial charge in [-0.05, 0) is 74.2 Å². The van der Waals surface area contributed by atoms with Gasteiger partial charge in [0.2, 0.25) is 11.8 Å². The van der Waals surface area contributed by atoms with E-state index in [1.54, 1.807) is 73.7 Å². The van der Waals surface area contributed by atoms with Crippen LogP contribution in [0, 0.1) is 13.8 Å². The molecule has 7 nitrogen and oxygen atoms in total. The van der Waals surface area contributed by atoms with Gasteiger partial charge in [0.1, 0.15) is 12.6 Å². The highest BCUT2D eigenvalue weighted by Crippen LogP contribution is 2.28. The van der Waals surface area contributed by atoms with Gasteiger partial charge in [-0.25, -0.2) is 8.42 Å². The van der Waals surface area contributed by atoms with Gasteiger partial charge in [0, 0.05) is 24.0 Å². The first-order valence-electron chi connectivity index (χ1n) is 15.0. The van der Waals surface area contributed by atoms with Gasteiger partial charge in [-0.15, -0.1) is 0 Å². The average molecular weight is 646 g/mol. The third-order valence-electron chi connectivity index (χ3n) is 7.81. The van der Waals surface area contributed by atoms with E-state index in [0.29, 0.717) is 22.7 Å². The molecule has 2 amide bonds. The molecule has 0 bridgehead atoms. The van der Waals surface area contributed by atoms with E-state index in [0.717, 1.165) is 21.0 Å². The number of carbonyl (C=O) groups is 2. The number of hydrogen-bond acceptors (Lipinski definition) is 4. The first kappa shape index (κ1) is 33.7. The second-order valence-electron chi connectivity index (χ2n) is 11.3. The average Bonchev–Trinajstić information content (AvgIpc) is 3.03. The fraction of sp³-hybridized carbons (Fsp3) is 0.278. The number of sulfonamides is 1. The van der Waals surface area contributed by atoms with Gasteiger partial charge in [-0.3, -0.25) is 13.9 Å². The van der Waals surface area contributed by atoms with Gasteiger partial charge in [-0.1, -0.05) is 96.9 Å². The van der Waals surface area contributed by atoms with Crippen LogP contribution in [0.25, 0.3) is 0 Å². The summed E-state index contributed by atoms with van der Waals surface area (Å²) >= 11 is 6.16. The van der Waals surface area contributed by atoms with Gasteiger partial charge in [0.25, 0.3) is 10.0 Å². The van der Waals surface area contributed by atoms with Crippen LogP contribution >= 0.6 is 11.6 Å². The lowest BCUT2D eigenvalue weighted by molar-refractivity contribution is -0.140. The van der Waals surface area contributed by atoms with E-state index in [1.165, 1.54) is 4.90 Å². The number of carbonyl (C=O) groups excluding carboxylic acids is 2. The molecule has 4 aromatic rings. The maximum Gasteiger partial charge on any atom is 0.264 e. The number of halogens is 1. The van der Waals surface area contributed by atoms with Crippen LogP contribution in [0.15, 0.2) is 108 Å². The fourth-order valence-electron chi connectivity index (χ4n) is 4.98. The normalized spacial score (nSPS) is 12.6. The lowest BCUT2D eigenvalue weighted by atomic mass is 10.0. The number of aryl methyl sites for hydroxylation is 2. The third kappa shape index (κ3) is 8.74. The highest BCUT2D eigenvalue weighted by Gasteiger charge is 2.35. The van der Waals surface area contributed by atoms with Crippen LogP contribution in [-0.4, -0.2) is 43.8 Å². The molecule has 45 heavy (non-hydrogen) atoms. The van der Waals surface area contributed by atoms with Crippen molar-refractivity contribution >= 4 is 39.1 Å². The molecule has 0 aliphatic rings. The predicted molar refractivity (Wildman–Crippen MR) is 181 cm³/mol. The lowest BCUT2D eigenvalue weighted by Gasteiger charge is -2.34. The van der Waals surface area contributed by atoms with Crippen molar-refractivity contribution in [2.45, 2.75) is 64.1 Å². The Kier molecular flexibility index (Phi) is 11.4. The quantitative estimate of drug-likeness (QED) is 0.175. The zero-order valence-corrected chi connectivity index (χ0v) is 27.7. The van der Waals surface area contributed by atoms with E-state index in [-0.39, 0.29) is 29.8 Å². The number of benzene rings is 4. The summed E-state index contributed by atoms with van der Waals surface area (Å²) in [5.74, 6) is -0.816. The molecule has 0 spiro atoms. The van der Waals surface area contributed by atoms with Crippen molar-refractivity contribution in [2.24, 2.45) is 0 Å². The fourth-order valence-corrected chi connectivity index (χ4v) is 6.58. The summed E-state index contributed by atoms with van der Waals surface area (Å²) in [4.78, 5) is 30.0. The number of hydrogen-bond donors (Lipinski definition) is 1. The Morgan fingerprint density at radius 2 is 1.44 bits per heavy atom. The third-order valence-corrected chi connectivity index (χ3v) is 9.84. The molecule has 4 rings (SSSR count). The van der Waals surface area contributed by atoms with Crippen LogP contribution in [0.5, 0.6) is 0 Å². The minimum atomic E-state index is -4.16. The van der Waals surface area contributed by atoms with Crippen LogP contribution in [0.4, 0.5) is 5.69 Å². The molecule has 0 unspecified atom stereocenters. The lowest BCUT2D eigenvalue weighted by Crippen LogP contribution is -2.54. The topological polar surface area (TPSA) is 86.8 Å². The molecule has 0 aliphatic carbocycles. The van der Waals surface area contributed by atoms with Crippen LogP contribution in [-0.2, 0) is 32.6 Å². The smallest absolute Gasteiger partial charge is 0.264 e. The van der Waals surface area contributed by atoms with E-state index >= 15 is 0 Å². The standard InChI is InChI=1S/C36H40ClN3O4S/c1-5-28(4)38-36(42)34(23-29-12-7-6-8-13-29)39(24-30-17-19-31(37)20-18-30)35(41)25-40(33-14-10-9-11-27(33)3)45(43,44)32-21-15-26(2)16-22-32/h6-22,28,34H,5,23-25H2,1-4H3,(H,38,42)/t28-,34-/m1/s1. The summed E-state index contributed by atoms with van der Waals surface area (Å²) in [6.45, 7) is 7.15. The SMILES string of the molecule is CC[C@@H](C)NC(=O)[C@@H](Cc1ccccc1)N(Cc1ccc(Cl)cc1)C(=O)CN(c1ccccc1C)S(=O)(=O)c1ccc(C)cc1. The van der Waals surface area contributed by atoms with E-state index in [4.69, 9.17) is 11.6 Å². The summed E-state index contributed by atoms with van der Waals surface area (Å²) < 4.78 is 29.5. The molecule has 0 radical (unpaired) electrons. The number of nitrogens with one attached hydrogen (secondary N) is 1. The zero-order valence-electron chi connectivity index (χ0n) is 26.1. The highest BCUT2D eigenvalue weighted by atomic mass is 35.5. The Bertz CT molecular complexity index is 1690. The number of anilines is 1. The molecule has 0 aromatic heterocycles. The van der Waals surface area contributed by atoms with E-state index in [9.17, 15) is 18.0 Å². The van der Waals surface area contributed by atoms with Crippen molar-refractivity contribution in [1.82, 2.24) is 10.2 Å². The van der Waals surface area contributed by atoms with E-state index < -0.39 is 28.5 Å². The second kappa shape index (κ2) is 15.2. The first-order chi connectivity index (χ1) is 21.5. The van der Waals surface area contributed by atoms with Gasteiger partial charge in [0.15, 0.2) is 0 Å². The summed E-state index contributed by atoms with van der Waals surface area (Å²) in [5, 5.41) is 3.59. The summed E-state index contributed by atoms with van der Waals surface area (Å²) in [7, 11) is -4.16. The van der Waals surface area contributed by atoms with Gasteiger partial charge in [0.05, 0.1) is 10.6 Å². The van der Waals surface area contributed by atoms with Crippen LogP contribution < -0.4 is 9.62 Å². The van der Waals surface area contributed by atoms with Crippen molar-refractivity contribution in [3.63, 3.8) is 0 Å².